The summed E-state index contributed by atoms with van der Waals surface area (Å²) in [4.78, 5) is 49.6. The number of aryl methyl sites for hydroxylation is 2. The van der Waals surface area contributed by atoms with Crippen molar-refractivity contribution in [2.24, 2.45) is 5.92 Å². The van der Waals surface area contributed by atoms with E-state index in [1.807, 2.05) is 61.7 Å². The number of aromatic nitrogens is 2. The van der Waals surface area contributed by atoms with E-state index in [1.165, 1.54) is 16.2 Å². The van der Waals surface area contributed by atoms with Crippen LogP contribution in [0.5, 0.6) is 0 Å². The Morgan fingerprint density at radius 2 is 1.88 bits per heavy atom. The van der Waals surface area contributed by atoms with Crippen molar-refractivity contribution >= 4 is 40.1 Å². The summed E-state index contributed by atoms with van der Waals surface area (Å²) < 4.78 is 5.99. The molecular formula is C30H30N4O5S. The van der Waals surface area contributed by atoms with E-state index in [2.05, 4.69) is 4.98 Å². The average molecular weight is 559 g/mol. The summed E-state index contributed by atoms with van der Waals surface area (Å²) in [7, 11) is 1.63. The molecule has 1 saturated heterocycles. The number of nitrogens with zero attached hydrogens (tertiary/aromatic N) is 4. The number of aliphatic carboxylic acids is 1. The minimum absolute atomic E-state index is 0.0827. The van der Waals surface area contributed by atoms with Gasteiger partial charge in [-0.15, -0.1) is 11.3 Å². The van der Waals surface area contributed by atoms with Crippen molar-refractivity contribution in [3.05, 3.63) is 71.1 Å². The van der Waals surface area contributed by atoms with E-state index in [1.54, 1.807) is 18.1 Å². The number of carbonyl (C=O) groups is 3. The predicted octanol–water partition coefficient (Wildman–Crippen LogP) is 5.51. The van der Waals surface area contributed by atoms with Crippen LogP contribution in [0.25, 0.3) is 22.4 Å². The third kappa shape index (κ3) is 5.53. The van der Waals surface area contributed by atoms with Gasteiger partial charge in [0.1, 0.15) is 17.3 Å². The maximum absolute atomic E-state index is 13.4. The van der Waals surface area contributed by atoms with Crippen LogP contribution in [0.2, 0.25) is 0 Å². The fourth-order valence-corrected chi connectivity index (χ4v) is 5.97. The lowest BCUT2D eigenvalue weighted by atomic mass is 9.95. The van der Waals surface area contributed by atoms with Crippen molar-refractivity contribution in [1.29, 1.82) is 0 Å². The second-order valence-electron chi connectivity index (χ2n) is 9.92. The van der Waals surface area contributed by atoms with E-state index in [9.17, 15) is 19.5 Å². The molecule has 0 aliphatic carbocycles. The highest BCUT2D eigenvalue weighted by Gasteiger charge is 2.29. The zero-order chi connectivity index (χ0) is 28.4. The third-order valence-electron chi connectivity index (χ3n) is 7.11. The Hall–Kier alpha value is -4.31. The maximum atomic E-state index is 13.4. The summed E-state index contributed by atoms with van der Waals surface area (Å²) in [6, 6.07) is 13.2. The lowest BCUT2D eigenvalue weighted by molar-refractivity contribution is -0.140. The highest BCUT2D eigenvalue weighted by molar-refractivity contribution is 7.14. The second-order valence-corrected chi connectivity index (χ2v) is 10.8. The van der Waals surface area contributed by atoms with Crippen molar-refractivity contribution in [1.82, 2.24) is 9.97 Å². The number of carbonyl (C=O) groups excluding carboxylic acids is 2. The van der Waals surface area contributed by atoms with Crippen molar-refractivity contribution in [2.45, 2.75) is 39.5 Å². The first kappa shape index (κ1) is 27.3. The van der Waals surface area contributed by atoms with Crippen LogP contribution in [0.3, 0.4) is 0 Å². The summed E-state index contributed by atoms with van der Waals surface area (Å²) in [5.41, 5.74) is 4.05. The molecule has 0 unspecified atom stereocenters. The Balaban J connectivity index is 1.41. The molecule has 4 aromatic rings. The Bertz CT molecular complexity index is 1540. The highest BCUT2D eigenvalue weighted by atomic mass is 32.1. The molecule has 0 saturated carbocycles. The summed E-state index contributed by atoms with van der Waals surface area (Å²) in [5.74, 6) is 0.0620. The van der Waals surface area contributed by atoms with Crippen LogP contribution in [0.4, 0.5) is 10.9 Å². The van der Waals surface area contributed by atoms with Crippen LogP contribution in [-0.2, 0) is 20.8 Å². The smallest absolute Gasteiger partial charge is 0.304 e. The molecule has 0 bridgehead atoms. The van der Waals surface area contributed by atoms with Gasteiger partial charge >= 0.3 is 5.97 Å². The number of carboxylic acids is 1. The first-order valence-electron chi connectivity index (χ1n) is 13.1. The van der Waals surface area contributed by atoms with Crippen molar-refractivity contribution in [3.63, 3.8) is 0 Å². The van der Waals surface area contributed by atoms with Crippen LogP contribution >= 0.6 is 11.3 Å². The molecule has 10 heteroatoms. The number of carboxylic acid groups (broad SMARTS) is 1. The van der Waals surface area contributed by atoms with Gasteiger partial charge < -0.3 is 9.52 Å². The molecule has 1 fully saturated rings. The lowest BCUT2D eigenvalue weighted by Crippen LogP contribution is -2.35. The molecule has 1 aromatic carbocycles. The van der Waals surface area contributed by atoms with Gasteiger partial charge in [-0.25, -0.2) is 9.97 Å². The van der Waals surface area contributed by atoms with Crippen molar-refractivity contribution < 1.29 is 23.9 Å². The Morgan fingerprint density at radius 1 is 1.12 bits per heavy atom. The lowest BCUT2D eigenvalue weighted by Gasteiger charge is -2.21. The summed E-state index contributed by atoms with van der Waals surface area (Å²) in [5, 5.41) is 11.8. The van der Waals surface area contributed by atoms with E-state index in [0.29, 0.717) is 47.6 Å². The first-order valence-corrected chi connectivity index (χ1v) is 14.0. The Morgan fingerprint density at radius 3 is 2.52 bits per heavy atom. The van der Waals surface area contributed by atoms with Crippen LogP contribution in [-0.4, -0.2) is 46.5 Å². The molecule has 206 valence electrons. The highest BCUT2D eigenvalue weighted by Crippen LogP contribution is 2.41. The topological polar surface area (TPSA) is 117 Å². The number of pyridine rings is 1. The zero-order valence-electron chi connectivity index (χ0n) is 22.6. The fourth-order valence-electron chi connectivity index (χ4n) is 5.18. The molecule has 9 nitrogen and oxygen atoms in total. The molecule has 1 N–H and O–H groups in total. The van der Waals surface area contributed by atoms with Crippen molar-refractivity contribution in [3.8, 4) is 22.4 Å². The minimum Gasteiger partial charge on any atom is -0.481 e. The van der Waals surface area contributed by atoms with Gasteiger partial charge in [-0.05, 0) is 44.4 Å². The van der Waals surface area contributed by atoms with E-state index in [4.69, 9.17) is 9.40 Å². The number of benzene rings is 1. The molecule has 1 atom stereocenters. The quantitative estimate of drug-likeness (QED) is 0.288. The third-order valence-corrected chi connectivity index (χ3v) is 8.02. The van der Waals surface area contributed by atoms with E-state index in [-0.39, 0.29) is 18.2 Å². The van der Waals surface area contributed by atoms with Gasteiger partial charge in [-0.1, -0.05) is 30.3 Å². The van der Waals surface area contributed by atoms with Gasteiger partial charge in [-0.3, -0.25) is 24.2 Å². The largest absolute Gasteiger partial charge is 0.481 e. The minimum atomic E-state index is -1.02. The summed E-state index contributed by atoms with van der Waals surface area (Å²) in [6.07, 6.45) is 3.17. The van der Waals surface area contributed by atoms with E-state index < -0.39 is 11.9 Å². The average Bonchev–Trinajstić information content (AvgIpc) is 3.66. The SMILES string of the molecule is Cc1oc(C)c(-c2csc(N(C)C(=O)[C@@H](CC(=O)O)Cc3ccccc3)n2)c1-c1ccc(N2CCCC2=O)nc1. The molecule has 2 amide bonds. The standard InChI is InChI=1S/C30H30N4O5S/c1-18-27(21-11-12-24(31-16-21)34-13-7-10-25(34)35)28(19(2)39-18)23-17-40-30(32-23)33(3)29(38)22(15-26(36)37)14-20-8-5-4-6-9-20/h4-6,8-9,11-12,16-17,22H,7,10,13-15H2,1-3H3,(H,36,37)/t22-/m1/s1. The van der Waals surface area contributed by atoms with Gasteiger partial charge in [-0.2, -0.15) is 0 Å². The molecule has 5 rings (SSSR count). The monoisotopic (exact) mass is 558 g/mol. The molecular weight excluding hydrogens is 528 g/mol. The van der Waals surface area contributed by atoms with Gasteiger partial charge in [0.15, 0.2) is 5.13 Å². The summed E-state index contributed by atoms with van der Waals surface area (Å²) >= 11 is 1.31. The number of hydrogen-bond acceptors (Lipinski definition) is 7. The molecule has 0 spiro atoms. The number of anilines is 2. The normalized spacial score (nSPS) is 14.0. The number of thiazole rings is 1. The maximum Gasteiger partial charge on any atom is 0.304 e. The van der Waals surface area contributed by atoms with Crippen LogP contribution in [0.15, 0.2) is 58.5 Å². The first-order chi connectivity index (χ1) is 19.2. The van der Waals surface area contributed by atoms with E-state index >= 15 is 0 Å². The van der Waals surface area contributed by atoms with Gasteiger partial charge in [0.25, 0.3) is 0 Å². The molecule has 0 radical (unpaired) electrons. The molecule has 1 aliphatic rings. The van der Waals surface area contributed by atoms with Gasteiger partial charge in [0.05, 0.1) is 23.6 Å². The predicted molar refractivity (Wildman–Crippen MR) is 153 cm³/mol. The molecule has 1 aliphatic heterocycles. The number of furan rings is 1. The van der Waals surface area contributed by atoms with Crippen LogP contribution in [0, 0.1) is 19.8 Å². The van der Waals surface area contributed by atoms with Gasteiger partial charge in [0, 0.05) is 42.7 Å². The summed E-state index contributed by atoms with van der Waals surface area (Å²) in [6.45, 7) is 4.42. The number of amides is 2. The molecule has 40 heavy (non-hydrogen) atoms. The van der Waals surface area contributed by atoms with Crippen LogP contribution < -0.4 is 9.80 Å². The number of hydrogen-bond donors (Lipinski definition) is 1. The second kappa shape index (κ2) is 11.4. The fraction of sp³-hybridized carbons (Fsp3) is 0.300. The molecule has 3 aromatic heterocycles. The Kier molecular flexibility index (Phi) is 7.79. The Labute approximate surface area is 236 Å². The van der Waals surface area contributed by atoms with Crippen molar-refractivity contribution in [2.75, 3.05) is 23.4 Å². The van der Waals surface area contributed by atoms with Crippen LogP contribution in [0.1, 0.15) is 36.3 Å². The van der Waals surface area contributed by atoms with E-state index in [0.717, 1.165) is 28.7 Å². The zero-order valence-corrected chi connectivity index (χ0v) is 23.4. The number of rotatable bonds is 9. The molecule has 4 heterocycles. The van der Waals surface area contributed by atoms with Gasteiger partial charge in [0.2, 0.25) is 11.8 Å².